The Hall–Kier alpha value is -1.10. The van der Waals surface area contributed by atoms with Gasteiger partial charge in [-0.05, 0) is 22.0 Å². The van der Waals surface area contributed by atoms with Crippen LogP contribution in [-0.2, 0) is 0 Å². The summed E-state index contributed by atoms with van der Waals surface area (Å²) in [5.41, 5.74) is 5.61. The minimum atomic E-state index is 0.509. The number of amidine groups is 1. The van der Waals surface area contributed by atoms with Crippen LogP contribution >= 0.6 is 15.9 Å². The van der Waals surface area contributed by atoms with E-state index in [1.807, 2.05) is 6.92 Å². The van der Waals surface area contributed by atoms with Crippen LogP contribution in [0, 0.1) is 0 Å². The molecule has 0 saturated carbocycles. The summed E-state index contributed by atoms with van der Waals surface area (Å²) in [6, 6.07) is 1.80. The first-order valence-electron chi connectivity index (χ1n) is 4.20. The molecule has 0 fully saturated rings. The summed E-state index contributed by atoms with van der Waals surface area (Å²) in [7, 11) is 1.57. The number of ether oxygens (including phenoxy) is 1. The highest BCUT2D eigenvalue weighted by atomic mass is 79.9. The van der Waals surface area contributed by atoms with Crippen molar-refractivity contribution in [3.8, 4) is 5.75 Å². The fourth-order valence-corrected chi connectivity index (χ4v) is 1.17. The van der Waals surface area contributed by atoms with E-state index >= 15 is 0 Å². The Balaban J connectivity index is 3.08. The zero-order chi connectivity index (χ0) is 10.6. The summed E-state index contributed by atoms with van der Waals surface area (Å²) in [4.78, 5) is 8.22. The van der Waals surface area contributed by atoms with E-state index in [0.29, 0.717) is 23.8 Å². The number of halogens is 1. The third-order valence-electron chi connectivity index (χ3n) is 1.63. The van der Waals surface area contributed by atoms with Gasteiger partial charge in [-0.15, -0.1) is 0 Å². The third kappa shape index (κ3) is 2.70. The first-order valence-corrected chi connectivity index (χ1v) is 4.99. The molecule has 0 amide bonds. The molecule has 2 N–H and O–H groups in total. The molecule has 4 nitrogen and oxygen atoms in total. The summed E-state index contributed by atoms with van der Waals surface area (Å²) in [6.45, 7) is 1.93. The topological polar surface area (TPSA) is 60.5 Å². The second-order valence-corrected chi connectivity index (χ2v) is 3.55. The maximum Gasteiger partial charge on any atom is 0.196 e. The van der Waals surface area contributed by atoms with Gasteiger partial charge in [-0.2, -0.15) is 0 Å². The molecule has 0 bridgehead atoms. The number of hydrogen-bond acceptors (Lipinski definition) is 3. The highest BCUT2D eigenvalue weighted by Gasteiger charge is 2.03. The lowest BCUT2D eigenvalue weighted by Crippen LogP contribution is -2.08. The Labute approximate surface area is 91.3 Å². The smallest absolute Gasteiger partial charge is 0.196 e. The molecule has 14 heavy (non-hydrogen) atoms. The van der Waals surface area contributed by atoms with Crippen molar-refractivity contribution in [2.45, 2.75) is 13.3 Å². The van der Waals surface area contributed by atoms with Gasteiger partial charge in [0.25, 0.3) is 0 Å². The van der Waals surface area contributed by atoms with Gasteiger partial charge >= 0.3 is 0 Å². The van der Waals surface area contributed by atoms with Gasteiger partial charge in [-0.1, -0.05) is 6.92 Å². The zero-order valence-electron chi connectivity index (χ0n) is 8.12. The van der Waals surface area contributed by atoms with Crippen LogP contribution in [-0.4, -0.2) is 17.9 Å². The highest BCUT2D eigenvalue weighted by molar-refractivity contribution is 9.10. The average Bonchev–Trinajstić information content (AvgIpc) is 2.20. The Morgan fingerprint density at radius 3 is 3.00 bits per heavy atom. The van der Waals surface area contributed by atoms with E-state index in [1.165, 1.54) is 0 Å². The summed E-state index contributed by atoms with van der Waals surface area (Å²) < 4.78 is 5.97. The largest absolute Gasteiger partial charge is 0.493 e. The van der Waals surface area contributed by atoms with Crippen molar-refractivity contribution in [2.24, 2.45) is 10.7 Å². The predicted octanol–water partition coefficient (Wildman–Crippen LogP) is 2.25. The van der Waals surface area contributed by atoms with E-state index in [1.54, 1.807) is 19.4 Å². The number of aliphatic imine (C=N–C) groups is 1. The molecule has 0 aliphatic carbocycles. The van der Waals surface area contributed by atoms with Crippen LogP contribution < -0.4 is 10.5 Å². The van der Waals surface area contributed by atoms with Gasteiger partial charge < -0.3 is 10.5 Å². The molecule has 0 aliphatic heterocycles. The number of aromatic nitrogens is 1. The lowest BCUT2D eigenvalue weighted by Gasteiger charge is -2.04. The summed E-state index contributed by atoms with van der Waals surface area (Å²) in [5, 5.41) is 0. The van der Waals surface area contributed by atoms with Gasteiger partial charge in [0.05, 0.1) is 7.11 Å². The van der Waals surface area contributed by atoms with Gasteiger partial charge in [0.2, 0.25) is 0 Å². The lowest BCUT2D eigenvalue weighted by molar-refractivity contribution is 0.414. The van der Waals surface area contributed by atoms with Gasteiger partial charge in [0, 0.05) is 17.1 Å². The summed E-state index contributed by atoms with van der Waals surface area (Å²) in [6.07, 6.45) is 2.35. The fraction of sp³-hybridized carbons (Fsp3) is 0.333. The molecule has 0 spiro atoms. The second kappa shape index (κ2) is 4.95. The van der Waals surface area contributed by atoms with E-state index in [2.05, 4.69) is 25.9 Å². The van der Waals surface area contributed by atoms with Gasteiger partial charge in [-0.25, -0.2) is 9.98 Å². The van der Waals surface area contributed by atoms with E-state index in [9.17, 15) is 0 Å². The molecule has 0 atom stereocenters. The fourth-order valence-electron chi connectivity index (χ4n) is 0.863. The molecule has 0 saturated heterocycles. The van der Waals surface area contributed by atoms with Gasteiger partial charge in [0.15, 0.2) is 11.6 Å². The molecular weight excluding hydrogens is 246 g/mol. The van der Waals surface area contributed by atoms with Crippen LogP contribution in [0.1, 0.15) is 13.3 Å². The first-order chi connectivity index (χ1) is 6.67. The Morgan fingerprint density at radius 2 is 2.43 bits per heavy atom. The van der Waals surface area contributed by atoms with Crippen molar-refractivity contribution in [2.75, 3.05) is 7.11 Å². The summed E-state index contributed by atoms with van der Waals surface area (Å²) >= 11 is 3.30. The molecule has 0 aromatic carbocycles. The predicted molar refractivity (Wildman–Crippen MR) is 60.1 cm³/mol. The molecule has 5 heteroatoms. The molecule has 1 rings (SSSR count). The van der Waals surface area contributed by atoms with Crippen molar-refractivity contribution < 1.29 is 4.74 Å². The third-order valence-corrected chi connectivity index (χ3v) is 2.06. The van der Waals surface area contributed by atoms with Crippen molar-refractivity contribution in [1.82, 2.24) is 4.98 Å². The van der Waals surface area contributed by atoms with Gasteiger partial charge in [-0.3, -0.25) is 0 Å². The molecule has 0 radical (unpaired) electrons. The van der Waals surface area contributed by atoms with Crippen molar-refractivity contribution in [3.05, 3.63) is 16.7 Å². The Bertz CT molecular complexity index is 352. The van der Waals surface area contributed by atoms with Crippen molar-refractivity contribution in [1.29, 1.82) is 0 Å². The monoisotopic (exact) mass is 257 g/mol. The van der Waals surface area contributed by atoms with E-state index in [-0.39, 0.29) is 0 Å². The van der Waals surface area contributed by atoms with E-state index in [0.717, 1.165) is 4.47 Å². The van der Waals surface area contributed by atoms with Crippen molar-refractivity contribution in [3.63, 3.8) is 0 Å². The highest BCUT2D eigenvalue weighted by Crippen LogP contribution is 2.27. The molecule has 1 heterocycles. The minimum absolute atomic E-state index is 0.509. The molecule has 0 unspecified atom stereocenters. The SMILES string of the molecule is CC/C(N)=N\c1ncc(Br)cc1OC. The molecule has 76 valence electrons. The lowest BCUT2D eigenvalue weighted by atomic mass is 10.4. The normalized spacial score (nSPS) is 11.5. The number of pyridine rings is 1. The number of nitrogens with zero attached hydrogens (tertiary/aromatic N) is 2. The quantitative estimate of drug-likeness (QED) is 0.668. The Kier molecular flexibility index (Phi) is 3.88. The van der Waals surface area contributed by atoms with E-state index in [4.69, 9.17) is 10.5 Å². The maximum atomic E-state index is 5.61. The average molecular weight is 258 g/mol. The van der Waals surface area contributed by atoms with Crippen LogP contribution in [0.2, 0.25) is 0 Å². The summed E-state index contributed by atoms with van der Waals surface area (Å²) in [5.74, 6) is 1.66. The number of rotatable bonds is 3. The molecule has 1 aromatic rings. The zero-order valence-corrected chi connectivity index (χ0v) is 9.71. The van der Waals surface area contributed by atoms with Crippen LogP contribution in [0.5, 0.6) is 5.75 Å². The second-order valence-electron chi connectivity index (χ2n) is 2.64. The van der Waals surface area contributed by atoms with Crippen LogP contribution in [0.4, 0.5) is 5.82 Å². The van der Waals surface area contributed by atoms with Gasteiger partial charge in [0.1, 0.15) is 5.84 Å². The Morgan fingerprint density at radius 1 is 1.71 bits per heavy atom. The van der Waals surface area contributed by atoms with E-state index < -0.39 is 0 Å². The minimum Gasteiger partial charge on any atom is -0.493 e. The maximum absolute atomic E-state index is 5.61. The molecule has 0 aliphatic rings. The van der Waals surface area contributed by atoms with Crippen LogP contribution in [0.15, 0.2) is 21.7 Å². The standard InChI is InChI=1S/C9H12BrN3O/c1-3-8(11)13-9-7(14-2)4-6(10)5-12-9/h4-5H,3H2,1-2H3,(H2,11,12,13). The van der Waals surface area contributed by atoms with Crippen LogP contribution in [0.3, 0.4) is 0 Å². The van der Waals surface area contributed by atoms with Crippen molar-refractivity contribution >= 4 is 27.6 Å². The number of methoxy groups -OCH3 is 1. The molecular formula is C9H12BrN3O. The first kappa shape index (κ1) is 11.0. The molecule has 1 aromatic heterocycles. The number of hydrogen-bond donors (Lipinski definition) is 1. The number of nitrogens with two attached hydrogens (primary N) is 1. The van der Waals surface area contributed by atoms with Crippen LogP contribution in [0.25, 0.3) is 0 Å².